The molecule has 2 rings (SSSR count). The van der Waals surface area contributed by atoms with E-state index in [9.17, 15) is 10.1 Å². The molecular formula is C20H26N2O6. The second-order valence-electron chi connectivity index (χ2n) is 5.44. The van der Waals surface area contributed by atoms with Gasteiger partial charge in [0.15, 0.2) is 23.0 Å². The molecular weight excluding hydrogens is 364 g/mol. The van der Waals surface area contributed by atoms with Crippen LogP contribution in [-0.4, -0.2) is 39.9 Å². The molecule has 2 aromatic rings. The Bertz CT molecular complexity index is 792. The van der Waals surface area contributed by atoms with Gasteiger partial charge in [0.1, 0.15) is 0 Å². The first-order valence-electron chi connectivity index (χ1n) is 8.43. The van der Waals surface area contributed by atoms with Gasteiger partial charge >= 0.3 is 0 Å². The summed E-state index contributed by atoms with van der Waals surface area (Å²) in [7, 11) is 6.30. The Kier molecular flexibility index (Phi) is 9.91. The highest BCUT2D eigenvalue weighted by atomic mass is 16.6. The molecule has 0 unspecified atom stereocenters. The van der Waals surface area contributed by atoms with Crippen LogP contribution in [0.4, 0.5) is 0 Å². The van der Waals surface area contributed by atoms with Crippen molar-refractivity contribution in [1.29, 1.82) is 0 Å². The van der Waals surface area contributed by atoms with E-state index in [2.05, 4.69) is 0 Å². The normalized spacial score (nSPS) is 10.0. The fourth-order valence-corrected chi connectivity index (χ4v) is 2.31. The number of hydrogen-bond donors (Lipinski definition) is 1. The van der Waals surface area contributed by atoms with Gasteiger partial charge < -0.3 is 24.7 Å². The van der Waals surface area contributed by atoms with Crippen molar-refractivity contribution in [2.24, 2.45) is 5.73 Å². The first-order chi connectivity index (χ1) is 13.5. The van der Waals surface area contributed by atoms with Crippen LogP contribution in [0.3, 0.4) is 0 Å². The van der Waals surface area contributed by atoms with E-state index in [0.29, 0.717) is 23.6 Å². The minimum Gasteiger partial charge on any atom is -0.493 e. The Morgan fingerprint density at radius 2 is 1.43 bits per heavy atom. The van der Waals surface area contributed by atoms with Crippen molar-refractivity contribution in [3.05, 3.63) is 63.8 Å². The summed E-state index contributed by atoms with van der Waals surface area (Å²) in [5, 5.41) is 10.1. The molecule has 8 heteroatoms. The first-order valence-corrected chi connectivity index (χ1v) is 8.43. The van der Waals surface area contributed by atoms with Gasteiger partial charge in [-0.15, -0.1) is 0 Å². The largest absolute Gasteiger partial charge is 0.493 e. The van der Waals surface area contributed by atoms with Gasteiger partial charge in [0.2, 0.25) is 6.20 Å². The topological polar surface area (TPSA) is 106 Å². The predicted molar refractivity (Wildman–Crippen MR) is 108 cm³/mol. The molecule has 0 bridgehead atoms. The Labute approximate surface area is 164 Å². The molecule has 0 radical (unpaired) electrons. The zero-order chi connectivity index (χ0) is 20.9. The summed E-state index contributed by atoms with van der Waals surface area (Å²) >= 11 is 0. The van der Waals surface area contributed by atoms with Crippen LogP contribution in [0.25, 0.3) is 6.08 Å². The molecule has 152 valence electrons. The average molecular weight is 390 g/mol. The van der Waals surface area contributed by atoms with E-state index >= 15 is 0 Å². The van der Waals surface area contributed by atoms with E-state index in [4.69, 9.17) is 24.7 Å². The monoisotopic (exact) mass is 390 g/mol. The Morgan fingerprint density at radius 3 is 1.93 bits per heavy atom. The third kappa shape index (κ3) is 7.16. The van der Waals surface area contributed by atoms with Gasteiger partial charge in [0.05, 0.1) is 33.4 Å². The summed E-state index contributed by atoms with van der Waals surface area (Å²) in [6.07, 6.45) is 3.13. The van der Waals surface area contributed by atoms with Crippen LogP contribution in [0.2, 0.25) is 0 Å². The second kappa shape index (κ2) is 12.2. The fourth-order valence-electron chi connectivity index (χ4n) is 2.31. The van der Waals surface area contributed by atoms with Crippen LogP contribution in [0.15, 0.2) is 42.6 Å². The molecule has 0 amide bonds. The van der Waals surface area contributed by atoms with Crippen LogP contribution in [0.1, 0.15) is 11.1 Å². The molecule has 0 aliphatic carbocycles. The van der Waals surface area contributed by atoms with Gasteiger partial charge in [-0.05, 0) is 48.4 Å². The highest BCUT2D eigenvalue weighted by Gasteiger charge is 2.04. The number of nitrogens with zero attached hydrogens (tertiary/aromatic N) is 1. The Morgan fingerprint density at radius 1 is 0.893 bits per heavy atom. The molecule has 0 saturated carbocycles. The van der Waals surface area contributed by atoms with Gasteiger partial charge in [-0.3, -0.25) is 10.1 Å². The van der Waals surface area contributed by atoms with E-state index in [-0.39, 0.29) is 0 Å². The van der Waals surface area contributed by atoms with Crippen molar-refractivity contribution < 1.29 is 23.9 Å². The summed E-state index contributed by atoms with van der Waals surface area (Å²) in [6.45, 7) is 0.648. The standard InChI is InChI=1S/C10H11NO4.C10H15NO2/c1-14-9-4-3-8(5-6-11(12)13)7-10(9)15-2;1-12-9-4-3-8(5-6-11)7-10(9)13-2/h3-7H,1-2H3;3-4,7H,5-6,11H2,1-2H3/b6-5+;. The number of rotatable bonds is 8. The van der Waals surface area contributed by atoms with Crippen molar-refractivity contribution in [2.75, 3.05) is 35.0 Å². The predicted octanol–water partition coefficient (Wildman–Crippen LogP) is 3.16. The van der Waals surface area contributed by atoms with E-state index in [1.165, 1.54) is 25.9 Å². The first kappa shape index (κ1) is 22.8. The summed E-state index contributed by atoms with van der Waals surface area (Å²) < 4.78 is 20.4. The van der Waals surface area contributed by atoms with E-state index in [1.807, 2.05) is 18.2 Å². The number of methoxy groups -OCH3 is 4. The quantitative estimate of drug-likeness (QED) is 0.545. The molecule has 0 spiro atoms. The maximum atomic E-state index is 10.1. The zero-order valence-corrected chi connectivity index (χ0v) is 16.5. The SMILES string of the molecule is COc1ccc(/C=C/[N+](=O)[O-])cc1OC.COc1ccc(CCN)cc1OC. The number of nitro groups is 1. The lowest BCUT2D eigenvalue weighted by Gasteiger charge is -2.08. The minimum absolute atomic E-state index is 0.517. The van der Waals surface area contributed by atoms with Gasteiger partial charge in [-0.1, -0.05) is 12.1 Å². The van der Waals surface area contributed by atoms with Crippen LogP contribution in [0, 0.1) is 10.1 Å². The third-order valence-corrected chi connectivity index (χ3v) is 3.68. The Hall–Kier alpha value is -3.26. The number of ether oxygens (including phenoxy) is 4. The lowest BCUT2D eigenvalue weighted by Crippen LogP contribution is -2.03. The van der Waals surface area contributed by atoms with Crippen molar-refractivity contribution in [3.63, 3.8) is 0 Å². The fraction of sp³-hybridized carbons (Fsp3) is 0.300. The second-order valence-corrected chi connectivity index (χ2v) is 5.44. The molecule has 2 N–H and O–H groups in total. The minimum atomic E-state index is -0.517. The molecule has 28 heavy (non-hydrogen) atoms. The molecule has 0 saturated heterocycles. The molecule has 2 aromatic carbocycles. The van der Waals surface area contributed by atoms with Crippen LogP contribution in [-0.2, 0) is 6.42 Å². The number of hydrogen-bond acceptors (Lipinski definition) is 7. The summed E-state index contributed by atoms with van der Waals surface area (Å²) in [5.74, 6) is 2.65. The maximum absolute atomic E-state index is 10.1. The van der Waals surface area contributed by atoms with Crippen molar-refractivity contribution in [2.45, 2.75) is 6.42 Å². The molecule has 0 atom stereocenters. The highest BCUT2D eigenvalue weighted by molar-refractivity contribution is 5.55. The van der Waals surface area contributed by atoms with Crippen molar-refractivity contribution in [1.82, 2.24) is 0 Å². The summed E-state index contributed by atoms with van der Waals surface area (Å²) in [6, 6.07) is 10.9. The molecule has 0 heterocycles. The molecule has 0 aromatic heterocycles. The highest BCUT2D eigenvalue weighted by Crippen LogP contribution is 2.28. The molecule has 0 aliphatic heterocycles. The molecule has 8 nitrogen and oxygen atoms in total. The number of nitrogens with two attached hydrogens (primary N) is 1. The maximum Gasteiger partial charge on any atom is 0.235 e. The lowest BCUT2D eigenvalue weighted by atomic mass is 10.1. The zero-order valence-electron chi connectivity index (χ0n) is 16.5. The van der Waals surface area contributed by atoms with Crippen LogP contribution >= 0.6 is 0 Å². The van der Waals surface area contributed by atoms with E-state index < -0.39 is 4.92 Å². The average Bonchev–Trinajstić information content (AvgIpc) is 2.72. The molecule has 0 fully saturated rings. The molecule has 0 aliphatic rings. The van der Waals surface area contributed by atoms with Crippen LogP contribution < -0.4 is 24.7 Å². The van der Waals surface area contributed by atoms with Gasteiger partial charge in [-0.25, -0.2) is 0 Å². The van der Waals surface area contributed by atoms with Crippen molar-refractivity contribution >= 4 is 6.08 Å². The summed E-state index contributed by atoms with van der Waals surface area (Å²) in [4.78, 5) is 9.60. The van der Waals surface area contributed by atoms with Gasteiger partial charge in [0, 0.05) is 6.08 Å². The third-order valence-electron chi connectivity index (χ3n) is 3.68. The number of benzene rings is 2. The van der Waals surface area contributed by atoms with Crippen LogP contribution in [0.5, 0.6) is 23.0 Å². The summed E-state index contributed by atoms with van der Waals surface area (Å²) in [5.41, 5.74) is 7.30. The van der Waals surface area contributed by atoms with Gasteiger partial charge in [-0.2, -0.15) is 0 Å². The Balaban J connectivity index is 0.000000283. The van der Waals surface area contributed by atoms with E-state index in [1.54, 1.807) is 32.4 Å². The van der Waals surface area contributed by atoms with Gasteiger partial charge in [0.25, 0.3) is 0 Å². The lowest BCUT2D eigenvalue weighted by molar-refractivity contribution is -0.400. The van der Waals surface area contributed by atoms with Crippen molar-refractivity contribution in [3.8, 4) is 23.0 Å². The smallest absolute Gasteiger partial charge is 0.235 e. The van der Waals surface area contributed by atoms with E-state index in [0.717, 1.165) is 24.1 Å².